The third kappa shape index (κ3) is 2.72. The van der Waals surface area contributed by atoms with Crippen LogP contribution in [0.25, 0.3) is 11.2 Å². The van der Waals surface area contributed by atoms with E-state index in [1.807, 2.05) is 0 Å². The smallest absolute Gasteiger partial charge is 0.332 e. The van der Waals surface area contributed by atoms with Crippen LogP contribution in [-0.4, -0.2) is 37.7 Å². The molecule has 0 aliphatic heterocycles. The maximum Gasteiger partial charge on any atom is 0.332 e. The summed E-state index contributed by atoms with van der Waals surface area (Å²) in [5, 5.41) is 2.65. The Labute approximate surface area is 120 Å². The van der Waals surface area contributed by atoms with E-state index in [-0.39, 0.29) is 12.3 Å². The van der Waals surface area contributed by atoms with Gasteiger partial charge in [0.1, 0.15) is 0 Å². The minimum Gasteiger partial charge on any atom is -0.355 e. The van der Waals surface area contributed by atoms with Gasteiger partial charge in [-0.2, -0.15) is 0 Å². The molecule has 0 aliphatic carbocycles. The lowest BCUT2D eigenvalue weighted by Crippen LogP contribution is -2.37. The summed E-state index contributed by atoms with van der Waals surface area (Å²) in [5.74, 6) is -0.149. The molecule has 0 fully saturated rings. The van der Waals surface area contributed by atoms with E-state index in [0.717, 1.165) is 4.57 Å². The van der Waals surface area contributed by atoms with Crippen LogP contribution in [0, 0.1) is 0 Å². The quantitative estimate of drug-likeness (QED) is 0.655. The van der Waals surface area contributed by atoms with Gasteiger partial charge in [-0.1, -0.05) is 0 Å². The van der Waals surface area contributed by atoms with Crippen molar-refractivity contribution in [1.82, 2.24) is 24.0 Å². The Hall–Kier alpha value is -2.42. The number of nitrogens with one attached hydrogen (secondary N) is 1. The highest BCUT2D eigenvalue weighted by molar-refractivity contribution is 5.76. The fourth-order valence-electron chi connectivity index (χ4n) is 2.09. The molecule has 21 heavy (non-hydrogen) atoms. The summed E-state index contributed by atoms with van der Waals surface area (Å²) in [6.07, 6.45) is 1.67. The van der Waals surface area contributed by atoms with E-state index in [1.165, 1.54) is 17.9 Å². The van der Waals surface area contributed by atoms with Gasteiger partial charge in [-0.25, -0.2) is 9.78 Å². The van der Waals surface area contributed by atoms with E-state index in [0.29, 0.717) is 30.8 Å². The normalized spacial score (nSPS) is 11.0. The van der Waals surface area contributed by atoms with Crippen LogP contribution >= 0.6 is 0 Å². The molecule has 2 aromatic rings. The van der Waals surface area contributed by atoms with Gasteiger partial charge in [-0.3, -0.25) is 18.7 Å². The van der Waals surface area contributed by atoms with Gasteiger partial charge in [-0.05, 0) is 0 Å². The Balaban J connectivity index is 2.33. The fourth-order valence-corrected chi connectivity index (χ4v) is 2.09. The van der Waals surface area contributed by atoms with Crippen molar-refractivity contribution in [1.29, 1.82) is 0 Å². The van der Waals surface area contributed by atoms with Gasteiger partial charge in [0.25, 0.3) is 5.56 Å². The molecule has 2 rings (SSSR count). The van der Waals surface area contributed by atoms with Gasteiger partial charge in [0.05, 0.1) is 6.33 Å². The number of carbonyl (C=O) groups excluding carboxylic acids is 1. The van der Waals surface area contributed by atoms with Crippen LogP contribution in [0.2, 0.25) is 0 Å². The number of hydrogen-bond acceptors (Lipinski definition) is 5. The van der Waals surface area contributed by atoms with Crippen LogP contribution in [-0.2, 0) is 25.4 Å². The number of nitrogens with two attached hydrogens (primary N) is 1. The molecule has 0 atom stereocenters. The van der Waals surface area contributed by atoms with Crippen LogP contribution in [0.1, 0.15) is 6.42 Å². The Morgan fingerprint density at radius 2 is 2.05 bits per heavy atom. The van der Waals surface area contributed by atoms with Crippen LogP contribution in [0.3, 0.4) is 0 Å². The highest BCUT2D eigenvalue weighted by atomic mass is 16.2. The summed E-state index contributed by atoms with van der Waals surface area (Å²) in [5.41, 5.74) is 5.07. The molecule has 0 saturated carbocycles. The summed E-state index contributed by atoms with van der Waals surface area (Å²) in [7, 11) is 2.96. The van der Waals surface area contributed by atoms with Gasteiger partial charge in [-0.15, -0.1) is 0 Å². The SMILES string of the molecule is Cn1c(=O)c2c(ncn2CCC(=O)NCCN)n(C)c1=O. The summed E-state index contributed by atoms with van der Waals surface area (Å²) < 4.78 is 3.91. The number of carbonyl (C=O) groups is 1. The van der Waals surface area contributed by atoms with Crippen molar-refractivity contribution in [2.45, 2.75) is 13.0 Å². The Morgan fingerprint density at radius 1 is 1.33 bits per heavy atom. The van der Waals surface area contributed by atoms with Crippen molar-refractivity contribution < 1.29 is 4.79 Å². The standard InChI is InChI=1S/C12H18N6O3/c1-16-10-9(11(20)17(2)12(16)21)18(7-15-10)6-3-8(19)14-5-4-13/h7H,3-6,13H2,1-2H3,(H,14,19). The predicted octanol–water partition coefficient (Wildman–Crippen LogP) is -2.10. The lowest BCUT2D eigenvalue weighted by molar-refractivity contribution is -0.121. The van der Waals surface area contributed by atoms with E-state index >= 15 is 0 Å². The maximum absolute atomic E-state index is 12.2. The Bertz CT molecular complexity index is 785. The van der Waals surface area contributed by atoms with E-state index in [1.54, 1.807) is 11.6 Å². The third-order valence-corrected chi connectivity index (χ3v) is 3.26. The third-order valence-electron chi connectivity index (χ3n) is 3.26. The number of aryl methyl sites for hydroxylation is 2. The largest absolute Gasteiger partial charge is 0.355 e. The summed E-state index contributed by atoms with van der Waals surface area (Å²) in [6, 6.07) is 0. The molecular weight excluding hydrogens is 276 g/mol. The zero-order chi connectivity index (χ0) is 15.6. The highest BCUT2D eigenvalue weighted by Crippen LogP contribution is 2.06. The second-order valence-electron chi connectivity index (χ2n) is 4.70. The number of hydrogen-bond donors (Lipinski definition) is 2. The first-order chi connectivity index (χ1) is 9.97. The highest BCUT2D eigenvalue weighted by Gasteiger charge is 2.14. The molecule has 9 nitrogen and oxygen atoms in total. The molecule has 0 spiro atoms. The monoisotopic (exact) mass is 294 g/mol. The number of imidazole rings is 1. The Kier molecular flexibility index (Phi) is 4.22. The van der Waals surface area contributed by atoms with Crippen molar-refractivity contribution in [2.24, 2.45) is 19.8 Å². The molecule has 2 aromatic heterocycles. The van der Waals surface area contributed by atoms with Gasteiger partial charge in [0.2, 0.25) is 5.91 Å². The van der Waals surface area contributed by atoms with E-state index in [2.05, 4.69) is 10.3 Å². The van der Waals surface area contributed by atoms with Crippen LogP contribution in [0.15, 0.2) is 15.9 Å². The molecule has 0 unspecified atom stereocenters. The van der Waals surface area contributed by atoms with Crippen molar-refractivity contribution in [3.05, 3.63) is 27.2 Å². The average molecular weight is 294 g/mol. The molecule has 9 heteroatoms. The molecule has 1 amide bonds. The van der Waals surface area contributed by atoms with E-state index in [4.69, 9.17) is 5.73 Å². The van der Waals surface area contributed by atoms with Gasteiger partial charge in [0.15, 0.2) is 11.2 Å². The van der Waals surface area contributed by atoms with E-state index in [9.17, 15) is 14.4 Å². The molecule has 114 valence electrons. The number of nitrogens with zero attached hydrogens (tertiary/aromatic N) is 4. The Morgan fingerprint density at radius 3 is 2.71 bits per heavy atom. The fraction of sp³-hybridized carbons (Fsp3) is 0.500. The van der Waals surface area contributed by atoms with Gasteiger partial charge < -0.3 is 15.6 Å². The molecular formula is C12H18N6O3. The molecule has 0 bridgehead atoms. The molecule has 0 radical (unpaired) electrons. The lowest BCUT2D eigenvalue weighted by atomic mass is 10.3. The summed E-state index contributed by atoms with van der Waals surface area (Å²) in [6.45, 7) is 1.10. The zero-order valence-corrected chi connectivity index (χ0v) is 12.0. The maximum atomic E-state index is 12.2. The minimum absolute atomic E-state index is 0.149. The first-order valence-electron chi connectivity index (χ1n) is 6.55. The number of rotatable bonds is 5. The predicted molar refractivity (Wildman–Crippen MR) is 76.9 cm³/mol. The van der Waals surface area contributed by atoms with Crippen LogP contribution in [0.4, 0.5) is 0 Å². The topological polar surface area (TPSA) is 117 Å². The molecule has 0 aliphatic rings. The molecule has 2 heterocycles. The molecule has 3 N–H and O–H groups in total. The first-order valence-corrected chi connectivity index (χ1v) is 6.55. The second kappa shape index (κ2) is 5.92. The summed E-state index contributed by atoms with van der Waals surface area (Å²) in [4.78, 5) is 39.6. The first kappa shape index (κ1) is 15.0. The number of amides is 1. The average Bonchev–Trinajstić information content (AvgIpc) is 2.90. The summed E-state index contributed by atoms with van der Waals surface area (Å²) >= 11 is 0. The number of fused-ring (bicyclic) bond motifs is 1. The van der Waals surface area contributed by atoms with Gasteiger partial charge in [0, 0.05) is 40.2 Å². The van der Waals surface area contributed by atoms with E-state index < -0.39 is 11.2 Å². The zero-order valence-electron chi connectivity index (χ0n) is 12.0. The van der Waals surface area contributed by atoms with Crippen molar-refractivity contribution in [3.8, 4) is 0 Å². The van der Waals surface area contributed by atoms with Crippen molar-refractivity contribution in [3.63, 3.8) is 0 Å². The van der Waals surface area contributed by atoms with Crippen molar-refractivity contribution >= 4 is 17.1 Å². The second-order valence-corrected chi connectivity index (χ2v) is 4.70. The van der Waals surface area contributed by atoms with Crippen LogP contribution < -0.4 is 22.3 Å². The van der Waals surface area contributed by atoms with Gasteiger partial charge >= 0.3 is 5.69 Å². The number of aromatic nitrogens is 4. The van der Waals surface area contributed by atoms with Crippen molar-refractivity contribution in [2.75, 3.05) is 13.1 Å². The molecule has 0 aromatic carbocycles. The van der Waals surface area contributed by atoms with Crippen LogP contribution in [0.5, 0.6) is 0 Å². The minimum atomic E-state index is -0.432. The lowest BCUT2D eigenvalue weighted by Gasteiger charge is -2.07. The molecule has 0 saturated heterocycles.